The van der Waals surface area contributed by atoms with Crippen LogP contribution < -0.4 is 10.1 Å². The highest BCUT2D eigenvalue weighted by Gasteiger charge is 2.07. The Morgan fingerprint density at radius 1 is 1.25 bits per heavy atom. The quantitative estimate of drug-likeness (QED) is 0.595. The van der Waals surface area contributed by atoms with Gasteiger partial charge in [0.05, 0.1) is 6.61 Å². The number of aliphatic hydroxyl groups excluding tert-OH is 1. The van der Waals surface area contributed by atoms with Gasteiger partial charge >= 0.3 is 5.97 Å². The molecule has 0 radical (unpaired) electrons. The molecule has 1 unspecified atom stereocenters. The number of rotatable bonds is 11. The van der Waals surface area contributed by atoms with Gasteiger partial charge in [0.15, 0.2) is 0 Å². The third-order valence-electron chi connectivity index (χ3n) is 3.21. The molecule has 0 bridgehead atoms. The average molecular weight is 360 g/mol. The number of benzene rings is 1. The summed E-state index contributed by atoms with van der Waals surface area (Å²) in [6.45, 7) is 7.29. The molecular formula is C18H30ClNO4. The molecule has 0 aliphatic rings. The zero-order valence-electron chi connectivity index (χ0n) is 14.8. The number of carbonyl (C=O) groups is 1. The molecule has 5 nitrogen and oxygen atoms in total. The van der Waals surface area contributed by atoms with E-state index in [0.717, 1.165) is 12.0 Å². The van der Waals surface area contributed by atoms with Crippen molar-refractivity contribution in [1.82, 2.24) is 5.32 Å². The zero-order valence-corrected chi connectivity index (χ0v) is 15.6. The standard InChI is InChI=1S/C18H29NO4.ClH/c1-4-11-22-18(21)10-7-15-5-8-17(9-6-15)23-13-16(20)12-19-14(2)3;/h5-6,8-9,14,16,19-20H,4,7,10-13H2,1-3H3;1H. The second-order valence-corrected chi connectivity index (χ2v) is 5.89. The van der Waals surface area contributed by atoms with Crippen LogP contribution in [0.15, 0.2) is 24.3 Å². The molecule has 0 fully saturated rings. The van der Waals surface area contributed by atoms with Crippen LogP contribution in [0.25, 0.3) is 0 Å². The van der Waals surface area contributed by atoms with Crippen LogP contribution >= 0.6 is 12.4 Å². The second-order valence-electron chi connectivity index (χ2n) is 5.89. The van der Waals surface area contributed by atoms with Crippen LogP contribution in [0.1, 0.15) is 39.2 Å². The first kappa shape index (κ1) is 22.7. The number of hydrogen-bond donors (Lipinski definition) is 2. The number of aliphatic hydroxyl groups is 1. The van der Waals surface area contributed by atoms with Gasteiger partial charge < -0.3 is 19.9 Å². The molecule has 1 rings (SSSR count). The number of halogens is 1. The van der Waals surface area contributed by atoms with E-state index < -0.39 is 6.10 Å². The normalized spacial score (nSPS) is 11.7. The van der Waals surface area contributed by atoms with E-state index in [1.165, 1.54) is 0 Å². The minimum Gasteiger partial charge on any atom is -0.491 e. The Kier molecular flexibility index (Phi) is 12.3. The van der Waals surface area contributed by atoms with Gasteiger partial charge in [0.2, 0.25) is 0 Å². The number of ether oxygens (including phenoxy) is 2. The Labute approximate surface area is 151 Å². The lowest BCUT2D eigenvalue weighted by Gasteiger charge is -2.15. The van der Waals surface area contributed by atoms with E-state index in [0.29, 0.717) is 37.8 Å². The topological polar surface area (TPSA) is 67.8 Å². The van der Waals surface area contributed by atoms with Crippen LogP contribution in [-0.2, 0) is 16.0 Å². The predicted octanol–water partition coefficient (Wildman–Crippen LogP) is 2.73. The van der Waals surface area contributed by atoms with Crippen molar-refractivity contribution in [2.24, 2.45) is 0 Å². The highest BCUT2D eigenvalue weighted by atomic mass is 35.5. The summed E-state index contributed by atoms with van der Waals surface area (Å²) >= 11 is 0. The molecule has 0 saturated carbocycles. The molecule has 138 valence electrons. The summed E-state index contributed by atoms with van der Waals surface area (Å²) in [7, 11) is 0. The first-order chi connectivity index (χ1) is 11.0. The van der Waals surface area contributed by atoms with Crippen molar-refractivity contribution in [3.63, 3.8) is 0 Å². The Hall–Kier alpha value is -1.30. The van der Waals surface area contributed by atoms with Gasteiger partial charge in [-0.15, -0.1) is 12.4 Å². The van der Waals surface area contributed by atoms with Crippen LogP contribution in [0.3, 0.4) is 0 Å². The Balaban J connectivity index is 0.00000529. The largest absolute Gasteiger partial charge is 0.491 e. The van der Waals surface area contributed by atoms with Crippen LogP contribution in [-0.4, -0.2) is 43.0 Å². The lowest BCUT2D eigenvalue weighted by Crippen LogP contribution is -2.35. The number of carbonyl (C=O) groups excluding carboxylic acids is 1. The zero-order chi connectivity index (χ0) is 17.1. The summed E-state index contributed by atoms with van der Waals surface area (Å²) in [5, 5.41) is 12.9. The van der Waals surface area contributed by atoms with Gasteiger partial charge in [-0.25, -0.2) is 0 Å². The molecule has 1 aromatic carbocycles. The minimum absolute atomic E-state index is 0. The fraction of sp³-hybridized carbons (Fsp3) is 0.611. The van der Waals surface area contributed by atoms with Gasteiger partial charge in [-0.05, 0) is 30.5 Å². The molecule has 0 saturated heterocycles. The molecule has 0 aliphatic carbocycles. The lowest BCUT2D eigenvalue weighted by atomic mass is 10.1. The number of aryl methyl sites for hydroxylation is 1. The summed E-state index contributed by atoms with van der Waals surface area (Å²) < 4.78 is 10.6. The number of nitrogens with one attached hydrogen (secondary N) is 1. The molecule has 1 aromatic rings. The fourth-order valence-electron chi connectivity index (χ4n) is 1.91. The second kappa shape index (κ2) is 13.0. The smallest absolute Gasteiger partial charge is 0.306 e. The van der Waals surface area contributed by atoms with Gasteiger partial charge in [0, 0.05) is 19.0 Å². The molecule has 24 heavy (non-hydrogen) atoms. The Bertz CT molecular complexity index is 451. The maximum absolute atomic E-state index is 11.4. The Morgan fingerprint density at radius 2 is 1.92 bits per heavy atom. The highest BCUT2D eigenvalue weighted by molar-refractivity contribution is 5.85. The number of hydrogen-bond acceptors (Lipinski definition) is 5. The maximum atomic E-state index is 11.4. The average Bonchev–Trinajstić information content (AvgIpc) is 2.55. The van der Waals surface area contributed by atoms with E-state index >= 15 is 0 Å². The first-order valence-corrected chi connectivity index (χ1v) is 8.30. The molecule has 0 amide bonds. The van der Waals surface area contributed by atoms with Crippen LogP contribution in [0.5, 0.6) is 5.75 Å². The summed E-state index contributed by atoms with van der Waals surface area (Å²) in [5.74, 6) is 0.554. The summed E-state index contributed by atoms with van der Waals surface area (Å²) in [5.41, 5.74) is 1.06. The van der Waals surface area contributed by atoms with Crippen molar-refractivity contribution in [2.75, 3.05) is 19.8 Å². The third-order valence-corrected chi connectivity index (χ3v) is 3.21. The van der Waals surface area contributed by atoms with Crippen molar-refractivity contribution in [3.8, 4) is 5.75 Å². The molecule has 2 N–H and O–H groups in total. The number of esters is 1. The van der Waals surface area contributed by atoms with Crippen molar-refractivity contribution >= 4 is 18.4 Å². The summed E-state index contributed by atoms with van der Waals surface area (Å²) in [6, 6.07) is 7.92. The monoisotopic (exact) mass is 359 g/mol. The van der Waals surface area contributed by atoms with Crippen LogP contribution in [0, 0.1) is 0 Å². The molecule has 1 atom stereocenters. The summed E-state index contributed by atoms with van der Waals surface area (Å²) in [4.78, 5) is 11.4. The van der Waals surface area contributed by atoms with E-state index in [4.69, 9.17) is 9.47 Å². The van der Waals surface area contributed by atoms with E-state index in [1.54, 1.807) is 0 Å². The van der Waals surface area contributed by atoms with Crippen LogP contribution in [0.2, 0.25) is 0 Å². The van der Waals surface area contributed by atoms with E-state index in [9.17, 15) is 9.90 Å². The highest BCUT2D eigenvalue weighted by Crippen LogP contribution is 2.14. The molecule has 0 aromatic heterocycles. The van der Waals surface area contributed by atoms with Gasteiger partial charge in [-0.1, -0.05) is 32.9 Å². The van der Waals surface area contributed by atoms with Gasteiger partial charge in [-0.3, -0.25) is 4.79 Å². The van der Waals surface area contributed by atoms with Crippen molar-refractivity contribution in [3.05, 3.63) is 29.8 Å². The van der Waals surface area contributed by atoms with Gasteiger partial charge in [0.25, 0.3) is 0 Å². The molecule has 0 aliphatic heterocycles. The van der Waals surface area contributed by atoms with E-state index in [2.05, 4.69) is 5.32 Å². The van der Waals surface area contributed by atoms with Crippen LogP contribution in [0.4, 0.5) is 0 Å². The molecule has 0 spiro atoms. The van der Waals surface area contributed by atoms with Crippen molar-refractivity contribution in [1.29, 1.82) is 0 Å². The SMILES string of the molecule is CCCOC(=O)CCc1ccc(OCC(O)CNC(C)C)cc1.Cl. The van der Waals surface area contributed by atoms with E-state index in [1.807, 2.05) is 45.0 Å². The fourth-order valence-corrected chi connectivity index (χ4v) is 1.91. The van der Waals surface area contributed by atoms with Gasteiger partial charge in [-0.2, -0.15) is 0 Å². The molecule has 6 heteroatoms. The van der Waals surface area contributed by atoms with Crippen molar-refractivity contribution < 1.29 is 19.4 Å². The molecular weight excluding hydrogens is 330 g/mol. The maximum Gasteiger partial charge on any atom is 0.306 e. The first-order valence-electron chi connectivity index (χ1n) is 8.30. The predicted molar refractivity (Wildman–Crippen MR) is 97.9 cm³/mol. The Morgan fingerprint density at radius 3 is 2.50 bits per heavy atom. The van der Waals surface area contributed by atoms with Crippen molar-refractivity contribution in [2.45, 2.75) is 52.2 Å². The lowest BCUT2D eigenvalue weighted by molar-refractivity contribution is -0.143. The summed E-state index contributed by atoms with van der Waals surface area (Å²) in [6.07, 6.45) is 1.35. The molecule has 0 heterocycles. The third kappa shape index (κ3) is 10.5. The van der Waals surface area contributed by atoms with E-state index in [-0.39, 0.29) is 25.0 Å². The van der Waals surface area contributed by atoms with Gasteiger partial charge in [0.1, 0.15) is 18.5 Å². The minimum atomic E-state index is -0.537.